The molecule has 9 heteroatoms. The molecule has 0 atom stereocenters. The highest BCUT2D eigenvalue weighted by atomic mass is 35.5. The quantitative estimate of drug-likeness (QED) is 0.500. The van der Waals surface area contributed by atoms with Crippen LogP contribution in [0.1, 0.15) is 0 Å². The lowest BCUT2D eigenvalue weighted by atomic mass is 10.2. The maximum absolute atomic E-state index is 13.4. The number of aromatic nitrogens is 1. The molecule has 1 aromatic heterocycles. The molecule has 110 valence electrons. The van der Waals surface area contributed by atoms with E-state index < -0.39 is 35.0 Å². The summed E-state index contributed by atoms with van der Waals surface area (Å²) < 4.78 is 52.6. The van der Waals surface area contributed by atoms with Crippen LogP contribution in [0.15, 0.2) is 24.4 Å². The van der Waals surface area contributed by atoms with Crippen molar-refractivity contribution < 1.29 is 22.4 Å². The third-order valence-corrected chi connectivity index (χ3v) is 2.54. The van der Waals surface area contributed by atoms with E-state index in [9.17, 15) is 22.4 Å². The fourth-order valence-corrected chi connectivity index (χ4v) is 1.61. The third-order valence-electron chi connectivity index (χ3n) is 2.33. The topological polar surface area (TPSA) is 54.0 Å². The molecule has 0 unspecified atom stereocenters. The molecular weight excluding hydrogens is 314 g/mol. The number of amides is 2. The van der Waals surface area contributed by atoms with Gasteiger partial charge in [0.2, 0.25) is 0 Å². The number of halogens is 5. The Balaban J connectivity index is 2.21. The summed E-state index contributed by atoms with van der Waals surface area (Å²) in [5.41, 5.74) is -1.06. The van der Waals surface area contributed by atoms with Gasteiger partial charge < -0.3 is 10.6 Å². The van der Waals surface area contributed by atoms with Crippen molar-refractivity contribution in [3.63, 3.8) is 0 Å². The smallest absolute Gasteiger partial charge is 0.308 e. The van der Waals surface area contributed by atoms with Gasteiger partial charge in [-0.1, -0.05) is 11.6 Å². The number of pyridine rings is 1. The lowest BCUT2D eigenvalue weighted by Crippen LogP contribution is -2.21. The molecule has 2 rings (SSSR count). The first kappa shape index (κ1) is 15.0. The van der Waals surface area contributed by atoms with Crippen LogP contribution < -0.4 is 10.6 Å². The van der Waals surface area contributed by atoms with E-state index in [1.807, 2.05) is 0 Å². The van der Waals surface area contributed by atoms with Gasteiger partial charge in [-0.3, -0.25) is 0 Å². The first-order valence-corrected chi connectivity index (χ1v) is 5.79. The van der Waals surface area contributed by atoms with Crippen LogP contribution in [-0.4, -0.2) is 11.0 Å². The van der Waals surface area contributed by atoms with E-state index in [-0.39, 0.29) is 16.9 Å². The zero-order valence-electron chi connectivity index (χ0n) is 10.1. The van der Waals surface area contributed by atoms with Crippen molar-refractivity contribution in [2.75, 3.05) is 10.6 Å². The molecule has 4 nitrogen and oxygen atoms in total. The Labute approximate surface area is 120 Å². The normalized spacial score (nSPS) is 10.3. The number of nitrogens with zero attached hydrogens (tertiary/aromatic N) is 1. The summed E-state index contributed by atoms with van der Waals surface area (Å²) in [5, 5.41) is 3.93. The van der Waals surface area contributed by atoms with E-state index in [4.69, 9.17) is 11.6 Å². The zero-order valence-corrected chi connectivity index (χ0v) is 10.8. The number of hydrogen-bond donors (Lipinski definition) is 2. The summed E-state index contributed by atoms with van der Waals surface area (Å²) >= 11 is 5.58. The number of carbonyl (C=O) groups is 1. The van der Waals surface area contributed by atoms with Gasteiger partial charge in [0.05, 0.1) is 0 Å². The molecule has 0 bridgehead atoms. The van der Waals surface area contributed by atoms with Gasteiger partial charge >= 0.3 is 6.03 Å². The van der Waals surface area contributed by atoms with Crippen molar-refractivity contribution in [3.05, 3.63) is 52.8 Å². The minimum Gasteiger partial charge on any atom is -0.308 e. The van der Waals surface area contributed by atoms with Crippen LogP contribution in [0.5, 0.6) is 0 Å². The SMILES string of the molecule is O=C(Nc1ccnc(Cl)c1)Nc1c(F)c(F)cc(F)c1F. The predicted octanol–water partition coefficient (Wildman–Crippen LogP) is 3.94. The molecule has 0 spiro atoms. The number of nitrogens with one attached hydrogen (secondary N) is 2. The second kappa shape index (κ2) is 5.96. The molecule has 1 heterocycles. The molecule has 2 amide bonds. The average molecular weight is 320 g/mol. The van der Waals surface area contributed by atoms with E-state index in [0.717, 1.165) is 0 Å². The second-order valence-corrected chi connectivity index (χ2v) is 4.18. The molecule has 1 aromatic carbocycles. The number of benzene rings is 1. The molecule has 0 aliphatic heterocycles. The minimum atomic E-state index is -1.71. The van der Waals surface area contributed by atoms with E-state index >= 15 is 0 Å². The van der Waals surface area contributed by atoms with Crippen molar-refractivity contribution in [1.82, 2.24) is 4.98 Å². The fraction of sp³-hybridized carbons (Fsp3) is 0. The van der Waals surface area contributed by atoms with Crippen molar-refractivity contribution in [1.29, 1.82) is 0 Å². The molecular formula is C12H6ClF4N3O. The number of hydrogen-bond acceptors (Lipinski definition) is 2. The van der Waals surface area contributed by atoms with Crippen molar-refractivity contribution >= 4 is 29.0 Å². The number of rotatable bonds is 2. The molecule has 0 aliphatic carbocycles. The molecule has 0 fully saturated rings. The standard InChI is InChI=1S/C12H6ClF4N3O/c13-8-3-5(1-2-18-8)19-12(21)20-11-9(16)6(14)4-7(15)10(11)17/h1-4H,(H2,18,19,20,21). The van der Waals surface area contributed by atoms with Gasteiger partial charge in [-0.05, 0) is 12.1 Å². The Hall–Kier alpha value is -2.35. The molecule has 2 N–H and O–H groups in total. The van der Waals surface area contributed by atoms with Crippen LogP contribution in [0, 0.1) is 23.3 Å². The monoisotopic (exact) mass is 319 g/mol. The zero-order chi connectivity index (χ0) is 15.6. The average Bonchev–Trinajstić information content (AvgIpc) is 2.41. The Morgan fingerprint density at radius 3 is 2.24 bits per heavy atom. The maximum Gasteiger partial charge on any atom is 0.323 e. The number of anilines is 2. The highest BCUT2D eigenvalue weighted by molar-refractivity contribution is 6.29. The Bertz CT molecular complexity index is 685. The Morgan fingerprint density at radius 2 is 1.67 bits per heavy atom. The molecule has 0 aliphatic rings. The highest BCUT2D eigenvalue weighted by Crippen LogP contribution is 2.24. The van der Waals surface area contributed by atoms with E-state index in [1.165, 1.54) is 18.3 Å². The first-order chi connectivity index (χ1) is 9.88. The maximum atomic E-state index is 13.4. The van der Waals surface area contributed by atoms with Gasteiger partial charge in [-0.25, -0.2) is 27.3 Å². The van der Waals surface area contributed by atoms with E-state index in [2.05, 4.69) is 10.3 Å². The summed E-state index contributed by atoms with van der Waals surface area (Å²) in [6.45, 7) is 0. The molecule has 0 saturated carbocycles. The molecule has 21 heavy (non-hydrogen) atoms. The van der Waals surface area contributed by atoms with Gasteiger partial charge in [0.25, 0.3) is 0 Å². The first-order valence-electron chi connectivity index (χ1n) is 5.41. The van der Waals surface area contributed by atoms with Gasteiger partial charge in [0.15, 0.2) is 23.3 Å². The van der Waals surface area contributed by atoms with E-state index in [0.29, 0.717) is 0 Å². The molecule has 0 radical (unpaired) electrons. The largest absolute Gasteiger partial charge is 0.323 e. The Morgan fingerprint density at radius 1 is 1.05 bits per heavy atom. The van der Waals surface area contributed by atoms with Crippen LogP contribution in [0.25, 0.3) is 0 Å². The summed E-state index contributed by atoms with van der Waals surface area (Å²) in [6, 6.07) is 1.54. The van der Waals surface area contributed by atoms with Crippen LogP contribution in [-0.2, 0) is 0 Å². The summed E-state index contributed by atoms with van der Waals surface area (Å²) in [7, 11) is 0. The van der Waals surface area contributed by atoms with Crippen molar-refractivity contribution in [2.45, 2.75) is 0 Å². The predicted molar refractivity (Wildman–Crippen MR) is 68.2 cm³/mol. The second-order valence-electron chi connectivity index (χ2n) is 3.79. The van der Waals surface area contributed by atoms with Crippen LogP contribution in [0.3, 0.4) is 0 Å². The summed E-state index contributed by atoms with van der Waals surface area (Å²) in [4.78, 5) is 15.2. The van der Waals surface area contributed by atoms with Crippen molar-refractivity contribution in [2.24, 2.45) is 0 Å². The van der Waals surface area contributed by atoms with Gasteiger partial charge in [-0.15, -0.1) is 0 Å². The van der Waals surface area contributed by atoms with E-state index in [1.54, 1.807) is 5.32 Å². The highest BCUT2D eigenvalue weighted by Gasteiger charge is 2.20. The van der Waals surface area contributed by atoms with Crippen LogP contribution in [0.2, 0.25) is 5.15 Å². The lowest BCUT2D eigenvalue weighted by Gasteiger charge is -2.10. The summed E-state index contributed by atoms with van der Waals surface area (Å²) in [5.74, 6) is -6.68. The van der Waals surface area contributed by atoms with Crippen molar-refractivity contribution in [3.8, 4) is 0 Å². The summed E-state index contributed by atoms with van der Waals surface area (Å²) in [6.07, 6.45) is 1.28. The van der Waals surface area contributed by atoms with Gasteiger partial charge in [0, 0.05) is 18.0 Å². The minimum absolute atomic E-state index is 0.0381. The third kappa shape index (κ3) is 3.40. The lowest BCUT2D eigenvalue weighted by molar-refractivity contribution is 0.262. The molecule has 2 aromatic rings. The number of urea groups is 1. The fourth-order valence-electron chi connectivity index (χ4n) is 1.44. The van der Waals surface area contributed by atoms with Crippen LogP contribution >= 0.6 is 11.6 Å². The van der Waals surface area contributed by atoms with Crippen LogP contribution in [0.4, 0.5) is 33.7 Å². The number of carbonyl (C=O) groups excluding carboxylic acids is 1. The van der Waals surface area contributed by atoms with Gasteiger partial charge in [0.1, 0.15) is 10.8 Å². The molecule has 0 saturated heterocycles. The Kier molecular flexibility index (Phi) is 4.27. The van der Waals surface area contributed by atoms with Gasteiger partial charge in [-0.2, -0.15) is 0 Å².